The van der Waals surface area contributed by atoms with Gasteiger partial charge in [0.25, 0.3) is 5.91 Å². The van der Waals surface area contributed by atoms with Crippen LogP contribution in [0.3, 0.4) is 0 Å². The molecule has 7 nitrogen and oxygen atoms in total. The number of carbonyl (C=O) groups excluding carboxylic acids is 1. The molecule has 0 aliphatic heterocycles. The molecule has 0 saturated carbocycles. The van der Waals surface area contributed by atoms with E-state index in [0.29, 0.717) is 27.9 Å². The largest absolute Gasteiger partial charge is 0.487 e. The number of benzene rings is 2. The molecule has 8 heteroatoms. The van der Waals surface area contributed by atoms with Gasteiger partial charge in [-0.3, -0.25) is 14.9 Å². The molecule has 0 aliphatic carbocycles. The first-order valence-corrected chi connectivity index (χ1v) is 8.24. The highest BCUT2D eigenvalue weighted by Gasteiger charge is 2.17. The Bertz CT molecular complexity index is 836. The second-order valence-electron chi connectivity index (χ2n) is 4.99. The Morgan fingerprint density at radius 3 is 2.68 bits per heavy atom. The Morgan fingerprint density at radius 1 is 1.32 bits per heavy atom. The zero-order chi connectivity index (χ0) is 18.4. The fourth-order valence-corrected chi connectivity index (χ4v) is 2.53. The lowest BCUT2D eigenvalue weighted by molar-refractivity contribution is -0.385. The molecule has 0 aliphatic rings. The van der Waals surface area contributed by atoms with Gasteiger partial charge in [-0.15, -0.1) is 0 Å². The minimum atomic E-state index is -0.512. The van der Waals surface area contributed by atoms with Gasteiger partial charge in [0.2, 0.25) is 0 Å². The van der Waals surface area contributed by atoms with Gasteiger partial charge in [0.05, 0.1) is 22.8 Å². The van der Waals surface area contributed by atoms with Crippen LogP contribution in [0.15, 0.2) is 52.0 Å². The molecule has 0 heterocycles. The zero-order valence-electron chi connectivity index (χ0n) is 13.7. The minimum Gasteiger partial charge on any atom is -0.487 e. The third kappa shape index (κ3) is 4.63. The molecule has 1 N–H and O–H groups in total. The van der Waals surface area contributed by atoms with Crippen molar-refractivity contribution in [3.05, 3.63) is 68.2 Å². The molecule has 0 atom stereocenters. The highest BCUT2D eigenvalue weighted by atomic mass is 79.9. The van der Waals surface area contributed by atoms with Gasteiger partial charge in [0.15, 0.2) is 5.75 Å². The Labute approximate surface area is 153 Å². The predicted molar refractivity (Wildman–Crippen MR) is 98.1 cm³/mol. The van der Waals surface area contributed by atoms with Gasteiger partial charge < -0.3 is 4.74 Å². The van der Waals surface area contributed by atoms with Crippen LogP contribution in [0.2, 0.25) is 0 Å². The quantitative estimate of drug-likeness (QED) is 0.447. The molecular weight excluding hydrogens is 390 g/mol. The van der Waals surface area contributed by atoms with E-state index in [1.54, 1.807) is 44.2 Å². The van der Waals surface area contributed by atoms with E-state index in [-0.39, 0.29) is 17.3 Å². The Morgan fingerprint density at radius 2 is 2.04 bits per heavy atom. The van der Waals surface area contributed by atoms with Crippen LogP contribution in [0.1, 0.15) is 29.8 Å². The maximum atomic E-state index is 12.1. The van der Waals surface area contributed by atoms with Crippen LogP contribution >= 0.6 is 15.9 Å². The van der Waals surface area contributed by atoms with Crippen molar-refractivity contribution in [1.82, 2.24) is 5.43 Å². The third-order valence-electron chi connectivity index (χ3n) is 3.32. The lowest BCUT2D eigenvalue weighted by Crippen LogP contribution is -2.19. The highest BCUT2D eigenvalue weighted by Crippen LogP contribution is 2.28. The van der Waals surface area contributed by atoms with Crippen molar-refractivity contribution in [2.45, 2.75) is 13.8 Å². The number of rotatable bonds is 6. The number of carbonyl (C=O) groups is 1. The normalized spacial score (nSPS) is 11.1. The number of amides is 1. The lowest BCUT2D eigenvalue weighted by Gasteiger charge is -2.07. The summed E-state index contributed by atoms with van der Waals surface area (Å²) < 4.78 is 5.90. The van der Waals surface area contributed by atoms with E-state index in [0.717, 1.165) is 0 Å². The summed E-state index contributed by atoms with van der Waals surface area (Å²) in [6.07, 6.45) is 0. The van der Waals surface area contributed by atoms with Crippen molar-refractivity contribution in [1.29, 1.82) is 0 Å². The van der Waals surface area contributed by atoms with Gasteiger partial charge >= 0.3 is 5.69 Å². The summed E-state index contributed by atoms with van der Waals surface area (Å²) in [5.41, 5.74) is 3.69. The first-order chi connectivity index (χ1) is 11.9. The smallest absolute Gasteiger partial charge is 0.311 e. The summed E-state index contributed by atoms with van der Waals surface area (Å²) in [5, 5.41) is 15.2. The highest BCUT2D eigenvalue weighted by molar-refractivity contribution is 9.10. The average Bonchev–Trinajstić information content (AvgIpc) is 2.60. The van der Waals surface area contributed by atoms with Crippen molar-refractivity contribution >= 4 is 33.2 Å². The lowest BCUT2D eigenvalue weighted by atomic mass is 10.1. The SMILES string of the molecule is CCOc1ccc(/C(C)=N\NC(=O)c2ccccc2Br)cc1[N+](=O)[O-]. The number of hydrogen-bond acceptors (Lipinski definition) is 5. The standard InChI is InChI=1S/C17H16BrN3O4/c1-3-25-16-9-8-12(10-15(16)21(23)24)11(2)19-20-17(22)13-6-4-5-7-14(13)18/h4-10H,3H2,1-2H3,(H,20,22)/b19-11-. The number of halogens is 1. The molecule has 0 spiro atoms. The van der Waals surface area contributed by atoms with E-state index in [4.69, 9.17) is 4.74 Å². The molecule has 1 amide bonds. The Hall–Kier alpha value is -2.74. The van der Waals surface area contributed by atoms with E-state index in [1.807, 2.05) is 0 Å². The molecule has 130 valence electrons. The topological polar surface area (TPSA) is 93.8 Å². The molecule has 2 aromatic rings. The van der Waals surface area contributed by atoms with Crippen molar-refractivity contribution < 1.29 is 14.5 Å². The summed E-state index contributed by atoms with van der Waals surface area (Å²) in [5.74, 6) is -0.187. The molecule has 0 fully saturated rings. The Balaban J connectivity index is 2.22. The van der Waals surface area contributed by atoms with Crippen molar-refractivity contribution in [3.63, 3.8) is 0 Å². The van der Waals surface area contributed by atoms with Crippen LogP contribution in [0.4, 0.5) is 5.69 Å². The van der Waals surface area contributed by atoms with Crippen LogP contribution in [-0.2, 0) is 0 Å². The van der Waals surface area contributed by atoms with Crippen molar-refractivity contribution in [2.24, 2.45) is 5.10 Å². The summed E-state index contributed by atoms with van der Waals surface area (Å²) in [4.78, 5) is 22.8. The zero-order valence-corrected chi connectivity index (χ0v) is 15.2. The van der Waals surface area contributed by atoms with Gasteiger partial charge in [0.1, 0.15) is 0 Å². The molecule has 0 unspecified atom stereocenters. The number of nitrogens with zero attached hydrogens (tertiary/aromatic N) is 2. The predicted octanol–water partition coefficient (Wildman–Crippen LogP) is 3.91. The number of nitro benzene ring substituents is 1. The van der Waals surface area contributed by atoms with Crippen LogP contribution in [0.5, 0.6) is 5.75 Å². The molecule has 0 bridgehead atoms. The van der Waals surface area contributed by atoms with E-state index in [1.165, 1.54) is 12.1 Å². The average molecular weight is 406 g/mol. The number of ether oxygens (including phenoxy) is 1. The van der Waals surface area contributed by atoms with Crippen molar-refractivity contribution in [3.8, 4) is 5.75 Å². The van der Waals surface area contributed by atoms with Crippen LogP contribution in [-0.4, -0.2) is 23.1 Å². The molecule has 2 rings (SSSR count). The first kappa shape index (κ1) is 18.6. The maximum Gasteiger partial charge on any atom is 0.311 e. The monoisotopic (exact) mass is 405 g/mol. The maximum absolute atomic E-state index is 12.1. The number of nitrogens with one attached hydrogen (secondary N) is 1. The molecule has 0 radical (unpaired) electrons. The van der Waals surface area contributed by atoms with Gasteiger partial charge in [-0.25, -0.2) is 5.43 Å². The number of hydrogen-bond donors (Lipinski definition) is 1. The Kier molecular flexibility index (Phi) is 6.24. The summed E-state index contributed by atoms with van der Waals surface area (Å²) in [6.45, 7) is 3.73. The number of nitro groups is 1. The molecule has 0 saturated heterocycles. The van der Waals surface area contributed by atoms with E-state index in [9.17, 15) is 14.9 Å². The summed E-state index contributed by atoms with van der Waals surface area (Å²) in [7, 11) is 0. The second-order valence-corrected chi connectivity index (χ2v) is 5.84. The van der Waals surface area contributed by atoms with Crippen LogP contribution < -0.4 is 10.2 Å². The molecule has 25 heavy (non-hydrogen) atoms. The molecule has 0 aromatic heterocycles. The fourth-order valence-electron chi connectivity index (χ4n) is 2.07. The van der Waals surface area contributed by atoms with Crippen LogP contribution in [0.25, 0.3) is 0 Å². The minimum absolute atomic E-state index is 0.147. The molecular formula is C17H16BrN3O4. The second kappa shape index (κ2) is 8.39. The first-order valence-electron chi connectivity index (χ1n) is 7.44. The third-order valence-corrected chi connectivity index (χ3v) is 4.01. The van der Waals surface area contributed by atoms with Gasteiger partial charge in [0, 0.05) is 16.1 Å². The van der Waals surface area contributed by atoms with Gasteiger partial charge in [-0.1, -0.05) is 12.1 Å². The van der Waals surface area contributed by atoms with Crippen LogP contribution in [0, 0.1) is 10.1 Å². The van der Waals surface area contributed by atoms with E-state index < -0.39 is 4.92 Å². The molecule has 2 aromatic carbocycles. The summed E-state index contributed by atoms with van der Waals surface area (Å²) >= 11 is 3.30. The van der Waals surface area contributed by atoms with Gasteiger partial charge in [-0.05, 0) is 54.0 Å². The van der Waals surface area contributed by atoms with E-state index in [2.05, 4.69) is 26.5 Å². The fraction of sp³-hybridized carbons (Fsp3) is 0.176. The van der Waals surface area contributed by atoms with Gasteiger partial charge in [-0.2, -0.15) is 5.10 Å². The van der Waals surface area contributed by atoms with E-state index >= 15 is 0 Å². The summed E-state index contributed by atoms with van der Waals surface area (Å²) in [6, 6.07) is 11.5. The van der Waals surface area contributed by atoms with Crippen molar-refractivity contribution in [2.75, 3.05) is 6.61 Å². The number of hydrazone groups is 1.